The number of rotatable bonds is 8. The maximum Gasteiger partial charge on any atom is 0.343 e. The minimum absolute atomic E-state index is 0.250. The van der Waals surface area contributed by atoms with Crippen LogP contribution in [-0.4, -0.2) is 31.8 Å². The maximum absolute atomic E-state index is 13.0. The van der Waals surface area contributed by atoms with E-state index < -0.39 is 17.7 Å². The highest BCUT2D eigenvalue weighted by Crippen LogP contribution is 2.29. The highest BCUT2D eigenvalue weighted by molar-refractivity contribution is 5.95. The van der Waals surface area contributed by atoms with Crippen molar-refractivity contribution in [2.45, 2.75) is 6.92 Å². The highest BCUT2D eigenvalue weighted by Gasteiger charge is 2.13. The highest BCUT2D eigenvalue weighted by atomic mass is 19.1. The summed E-state index contributed by atoms with van der Waals surface area (Å²) in [5.41, 5.74) is 3.62. The molecule has 3 aromatic rings. The fourth-order valence-electron chi connectivity index (χ4n) is 2.67. The SMILES string of the molecule is CCOc1cc(/C=N\NC(=O)c2ccc(F)cc2)ccc1OC(=O)c1ccc(OC)cc1. The minimum atomic E-state index is -0.540. The van der Waals surface area contributed by atoms with E-state index in [1.54, 1.807) is 56.5 Å². The molecule has 0 atom stereocenters. The molecule has 0 bridgehead atoms. The first kappa shape index (κ1) is 22.5. The van der Waals surface area contributed by atoms with E-state index in [9.17, 15) is 14.0 Å². The molecule has 0 aliphatic heterocycles. The van der Waals surface area contributed by atoms with Crippen molar-refractivity contribution in [3.63, 3.8) is 0 Å². The number of halogens is 1. The second-order valence-electron chi connectivity index (χ2n) is 6.46. The van der Waals surface area contributed by atoms with Crippen molar-refractivity contribution < 1.29 is 28.2 Å². The number of esters is 1. The van der Waals surface area contributed by atoms with Crippen LogP contribution < -0.4 is 19.6 Å². The summed E-state index contributed by atoms with van der Waals surface area (Å²) >= 11 is 0. The van der Waals surface area contributed by atoms with Crippen molar-refractivity contribution in [2.75, 3.05) is 13.7 Å². The summed E-state index contributed by atoms with van der Waals surface area (Å²) in [6.45, 7) is 2.16. The molecule has 0 aliphatic carbocycles. The molecular weight excluding hydrogens is 415 g/mol. The second kappa shape index (κ2) is 10.7. The molecule has 0 spiro atoms. The molecular formula is C24H21FN2O5. The van der Waals surface area contributed by atoms with Gasteiger partial charge in [0.15, 0.2) is 11.5 Å². The van der Waals surface area contributed by atoms with Crippen molar-refractivity contribution in [1.82, 2.24) is 5.43 Å². The van der Waals surface area contributed by atoms with Crippen LogP contribution in [0.2, 0.25) is 0 Å². The molecule has 0 radical (unpaired) electrons. The van der Waals surface area contributed by atoms with Crippen LogP contribution in [0.4, 0.5) is 4.39 Å². The Morgan fingerprint density at radius 1 is 0.969 bits per heavy atom. The summed E-state index contributed by atoms with van der Waals surface area (Å²) in [4.78, 5) is 24.5. The number of hydrogen-bond donors (Lipinski definition) is 1. The van der Waals surface area contributed by atoms with Crippen LogP contribution in [0.15, 0.2) is 71.8 Å². The van der Waals surface area contributed by atoms with Gasteiger partial charge in [0, 0.05) is 5.56 Å². The smallest absolute Gasteiger partial charge is 0.343 e. The standard InChI is InChI=1S/C24H21FN2O5/c1-3-31-22-14-16(15-26-27-23(28)17-5-9-19(25)10-6-17)4-13-21(22)32-24(29)18-7-11-20(30-2)12-8-18/h4-15H,3H2,1-2H3,(H,27,28)/b26-15-. The predicted molar refractivity (Wildman–Crippen MR) is 117 cm³/mol. The van der Waals surface area contributed by atoms with E-state index in [1.165, 1.54) is 30.5 Å². The van der Waals surface area contributed by atoms with Crippen molar-refractivity contribution >= 4 is 18.1 Å². The lowest BCUT2D eigenvalue weighted by molar-refractivity contribution is 0.0728. The molecule has 0 aliphatic rings. The third kappa shape index (κ3) is 5.91. The van der Waals surface area contributed by atoms with E-state index in [0.717, 1.165) is 0 Å². The zero-order valence-corrected chi connectivity index (χ0v) is 17.5. The maximum atomic E-state index is 13.0. The van der Waals surface area contributed by atoms with Crippen LogP contribution in [0.3, 0.4) is 0 Å². The Hall–Kier alpha value is -4.20. The van der Waals surface area contributed by atoms with Crippen LogP contribution in [0, 0.1) is 5.82 Å². The molecule has 1 N–H and O–H groups in total. The third-order valence-corrected chi connectivity index (χ3v) is 4.28. The number of methoxy groups -OCH3 is 1. The zero-order valence-electron chi connectivity index (χ0n) is 17.5. The number of nitrogens with zero attached hydrogens (tertiary/aromatic N) is 1. The Bertz CT molecular complexity index is 1110. The van der Waals surface area contributed by atoms with Gasteiger partial charge in [-0.2, -0.15) is 5.10 Å². The Morgan fingerprint density at radius 2 is 1.66 bits per heavy atom. The van der Waals surface area contributed by atoms with Gasteiger partial charge >= 0.3 is 5.97 Å². The summed E-state index contributed by atoms with van der Waals surface area (Å²) in [7, 11) is 1.54. The predicted octanol–water partition coefficient (Wildman–Crippen LogP) is 4.22. The van der Waals surface area contributed by atoms with Crippen LogP contribution in [-0.2, 0) is 0 Å². The molecule has 0 heterocycles. The van der Waals surface area contributed by atoms with Crippen molar-refractivity contribution in [2.24, 2.45) is 5.10 Å². The molecule has 3 rings (SSSR count). The van der Waals surface area contributed by atoms with Gasteiger partial charge in [-0.1, -0.05) is 0 Å². The van der Waals surface area contributed by atoms with Gasteiger partial charge in [-0.15, -0.1) is 0 Å². The van der Waals surface area contributed by atoms with Gasteiger partial charge in [-0.05, 0) is 79.2 Å². The van der Waals surface area contributed by atoms with E-state index in [-0.39, 0.29) is 11.3 Å². The van der Waals surface area contributed by atoms with Crippen molar-refractivity contribution in [3.05, 3.63) is 89.2 Å². The van der Waals surface area contributed by atoms with Gasteiger partial charge in [-0.25, -0.2) is 14.6 Å². The number of hydrogen-bond acceptors (Lipinski definition) is 6. The van der Waals surface area contributed by atoms with Gasteiger partial charge in [0.05, 0.1) is 25.5 Å². The fourth-order valence-corrected chi connectivity index (χ4v) is 2.67. The second-order valence-corrected chi connectivity index (χ2v) is 6.46. The van der Waals surface area contributed by atoms with E-state index >= 15 is 0 Å². The van der Waals surface area contributed by atoms with Gasteiger partial charge in [-0.3, -0.25) is 4.79 Å². The molecule has 1 amide bonds. The Kier molecular flexibility index (Phi) is 7.53. The molecule has 0 saturated heterocycles. The number of carbonyl (C=O) groups excluding carboxylic acids is 2. The van der Waals surface area contributed by atoms with E-state index in [4.69, 9.17) is 14.2 Å². The largest absolute Gasteiger partial charge is 0.497 e. The molecule has 7 nitrogen and oxygen atoms in total. The summed E-state index contributed by atoms with van der Waals surface area (Å²) in [5.74, 6) is -0.214. The third-order valence-electron chi connectivity index (χ3n) is 4.28. The van der Waals surface area contributed by atoms with Gasteiger partial charge < -0.3 is 14.2 Å². The van der Waals surface area contributed by atoms with Crippen LogP contribution >= 0.6 is 0 Å². The number of amides is 1. The number of carbonyl (C=O) groups is 2. The lowest BCUT2D eigenvalue weighted by atomic mass is 10.2. The van der Waals surface area contributed by atoms with Gasteiger partial charge in [0.1, 0.15) is 11.6 Å². The monoisotopic (exact) mass is 436 g/mol. The number of hydrazone groups is 1. The normalized spacial score (nSPS) is 10.6. The molecule has 32 heavy (non-hydrogen) atoms. The lowest BCUT2D eigenvalue weighted by Gasteiger charge is -2.11. The van der Waals surface area contributed by atoms with E-state index in [0.29, 0.717) is 29.2 Å². The Labute approximate surface area is 184 Å². The molecule has 0 aromatic heterocycles. The first-order chi connectivity index (χ1) is 15.5. The zero-order chi connectivity index (χ0) is 22.9. The van der Waals surface area contributed by atoms with Crippen LogP contribution in [0.5, 0.6) is 17.2 Å². The van der Waals surface area contributed by atoms with Crippen LogP contribution in [0.1, 0.15) is 33.2 Å². The summed E-state index contributed by atoms with van der Waals surface area (Å²) in [5, 5.41) is 3.90. The molecule has 0 fully saturated rings. The minimum Gasteiger partial charge on any atom is -0.497 e. The van der Waals surface area contributed by atoms with Gasteiger partial charge in [0.2, 0.25) is 0 Å². The lowest BCUT2D eigenvalue weighted by Crippen LogP contribution is -2.17. The Morgan fingerprint density at radius 3 is 2.31 bits per heavy atom. The molecule has 164 valence electrons. The van der Waals surface area contributed by atoms with E-state index in [2.05, 4.69) is 10.5 Å². The first-order valence-corrected chi connectivity index (χ1v) is 9.72. The molecule has 0 unspecified atom stereocenters. The summed E-state index contributed by atoms with van der Waals surface area (Å²) < 4.78 is 29.1. The average molecular weight is 436 g/mol. The Balaban J connectivity index is 1.69. The quantitative estimate of drug-likeness (QED) is 0.247. The van der Waals surface area contributed by atoms with Gasteiger partial charge in [0.25, 0.3) is 5.91 Å². The topological polar surface area (TPSA) is 86.2 Å². The first-order valence-electron chi connectivity index (χ1n) is 9.72. The van der Waals surface area contributed by atoms with Crippen LogP contribution in [0.25, 0.3) is 0 Å². The summed E-state index contributed by atoms with van der Waals surface area (Å²) in [6, 6.07) is 16.5. The molecule has 3 aromatic carbocycles. The summed E-state index contributed by atoms with van der Waals surface area (Å²) in [6.07, 6.45) is 1.42. The fraction of sp³-hybridized carbons (Fsp3) is 0.125. The van der Waals surface area contributed by atoms with Crippen molar-refractivity contribution in [3.8, 4) is 17.2 Å². The number of benzene rings is 3. The molecule has 0 saturated carbocycles. The number of ether oxygens (including phenoxy) is 3. The van der Waals surface area contributed by atoms with E-state index in [1.807, 2.05) is 0 Å². The van der Waals surface area contributed by atoms with Crippen molar-refractivity contribution in [1.29, 1.82) is 0 Å². The number of nitrogens with one attached hydrogen (secondary N) is 1. The average Bonchev–Trinajstić information content (AvgIpc) is 2.81. The molecule has 8 heteroatoms.